The summed E-state index contributed by atoms with van der Waals surface area (Å²) in [5, 5.41) is 10.5. The van der Waals surface area contributed by atoms with Gasteiger partial charge in [0.05, 0.1) is 5.60 Å². The number of carbonyl (C=O) groups is 1. The van der Waals surface area contributed by atoms with Crippen molar-refractivity contribution in [2.24, 2.45) is 40.9 Å². The lowest BCUT2D eigenvalue weighted by molar-refractivity contribution is -0.148. The minimum atomic E-state index is -0.620. The molecular formula is C22H34O2. The Morgan fingerprint density at radius 1 is 1.08 bits per heavy atom. The van der Waals surface area contributed by atoms with Crippen LogP contribution in [-0.4, -0.2) is 16.5 Å². The Balaban J connectivity index is 1.61. The van der Waals surface area contributed by atoms with Gasteiger partial charge in [-0.05, 0) is 93.8 Å². The Kier molecular flexibility index (Phi) is 3.81. The third-order valence-electron chi connectivity index (χ3n) is 8.68. The van der Waals surface area contributed by atoms with E-state index in [2.05, 4.69) is 20.4 Å². The van der Waals surface area contributed by atoms with Crippen LogP contribution in [0.4, 0.5) is 0 Å². The summed E-state index contributed by atoms with van der Waals surface area (Å²) in [6.45, 7) is 10.9. The van der Waals surface area contributed by atoms with E-state index in [1.165, 1.54) is 31.3 Å². The molecular weight excluding hydrogens is 296 g/mol. The smallest absolute Gasteiger partial charge is 0.136 e. The maximum atomic E-state index is 13.0. The average molecular weight is 331 g/mol. The lowest BCUT2D eigenvalue weighted by Crippen LogP contribution is -2.53. The summed E-state index contributed by atoms with van der Waals surface area (Å²) >= 11 is 0. The highest BCUT2D eigenvalue weighted by atomic mass is 16.3. The van der Waals surface area contributed by atoms with Crippen LogP contribution in [0.25, 0.3) is 0 Å². The zero-order valence-electron chi connectivity index (χ0n) is 15.7. The zero-order chi connectivity index (χ0) is 17.3. The molecule has 4 fully saturated rings. The maximum absolute atomic E-state index is 13.0. The molecule has 2 heteroatoms. The highest BCUT2D eigenvalue weighted by Crippen LogP contribution is 2.65. The van der Waals surface area contributed by atoms with Crippen LogP contribution in [0.5, 0.6) is 0 Å². The van der Waals surface area contributed by atoms with Crippen molar-refractivity contribution in [3.63, 3.8) is 0 Å². The van der Waals surface area contributed by atoms with Crippen molar-refractivity contribution in [3.05, 3.63) is 12.2 Å². The van der Waals surface area contributed by atoms with Crippen LogP contribution in [0.3, 0.4) is 0 Å². The van der Waals surface area contributed by atoms with Gasteiger partial charge in [0.1, 0.15) is 5.78 Å². The number of hydrogen-bond acceptors (Lipinski definition) is 2. The van der Waals surface area contributed by atoms with E-state index < -0.39 is 5.60 Å². The van der Waals surface area contributed by atoms with Gasteiger partial charge in [0.15, 0.2) is 0 Å². The van der Waals surface area contributed by atoms with E-state index in [0.717, 1.165) is 25.2 Å². The van der Waals surface area contributed by atoms with Gasteiger partial charge in [-0.15, -0.1) is 0 Å². The van der Waals surface area contributed by atoms with Gasteiger partial charge in [-0.25, -0.2) is 0 Å². The number of allylic oxidation sites excluding steroid dienone is 1. The summed E-state index contributed by atoms with van der Waals surface area (Å²) in [4.78, 5) is 13.0. The van der Waals surface area contributed by atoms with Crippen molar-refractivity contribution >= 4 is 5.78 Å². The molecule has 0 heterocycles. The summed E-state index contributed by atoms with van der Waals surface area (Å²) in [5.41, 5.74) is 1.11. The molecule has 0 aromatic rings. The third kappa shape index (κ3) is 2.35. The lowest BCUT2D eigenvalue weighted by Gasteiger charge is -2.56. The second-order valence-corrected chi connectivity index (χ2v) is 10.1. The van der Waals surface area contributed by atoms with Crippen LogP contribution in [0.15, 0.2) is 12.2 Å². The molecule has 4 aliphatic rings. The minimum absolute atomic E-state index is 0.137. The van der Waals surface area contributed by atoms with Crippen LogP contribution >= 0.6 is 0 Å². The summed E-state index contributed by atoms with van der Waals surface area (Å²) in [6.07, 6.45) is 8.58. The van der Waals surface area contributed by atoms with E-state index in [9.17, 15) is 9.90 Å². The zero-order valence-corrected chi connectivity index (χ0v) is 15.7. The summed E-state index contributed by atoms with van der Waals surface area (Å²) < 4.78 is 0. The number of hydrogen-bond donors (Lipinski definition) is 1. The Hall–Kier alpha value is -0.630. The van der Waals surface area contributed by atoms with Gasteiger partial charge in [0, 0.05) is 12.3 Å². The van der Waals surface area contributed by atoms with Crippen molar-refractivity contribution in [1.29, 1.82) is 0 Å². The number of rotatable bonds is 1. The molecule has 0 aliphatic heterocycles. The second kappa shape index (κ2) is 5.43. The van der Waals surface area contributed by atoms with Gasteiger partial charge in [0.25, 0.3) is 0 Å². The predicted octanol–water partition coefficient (Wildman–Crippen LogP) is 4.76. The Morgan fingerprint density at radius 2 is 1.79 bits per heavy atom. The first-order valence-corrected chi connectivity index (χ1v) is 10.1. The van der Waals surface area contributed by atoms with Gasteiger partial charge in [-0.2, -0.15) is 0 Å². The highest BCUT2D eigenvalue weighted by molar-refractivity contribution is 5.83. The number of carbonyl (C=O) groups excluding carboxylic acids is 1. The number of ketones is 1. The van der Waals surface area contributed by atoms with Gasteiger partial charge in [0.2, 0.25) is 0 Å². The number of fused-ring (bicyclic) bond motifs is 5. The number of Topliss-reactive ketones (excluding diaryl/α,β-unsaturated/α-hetero) is 1. The quantitative estimate of drug-likeness (QED) is 0.704. The second-order valence-electron chi connectivity index (χ2n) is 10.1. The van der Waals surface area contributed by atoms with Crippen molar-refractivity contribution < 1.29 is 9.90 Å². The molecule has 8 atom stereocenters. The average Bonchev–Trinajstić information content (AvgIpc) is 2.85. The fourth-order valence-electron chi connectivity index (χ4n) is 7.61. The van der Waals surface area contributed by atoms with E-state index in [-0.39, 0.29) is 5.92 Å². The molecule has 0 spiro atoms. The van der Waals surface area contributed by atoms with Crippen LogP contribution in [0.2, 0.25) is 0 Å². The van der Waals surface area contributed by atoms with Crippen molar-refractivity contribution in [2.45, 2.75) is 77.7 Å². The lowest BCUT2D eigenvalue weighted by atomic mass is 9.48. The Bertz CT molecular complexity index is 562. The molecule has 0 unspecified atom stereocenters. The van der Waals surface area contributed by atoms with E-state index in [0.29, 0.717) is 41.3 Å². The van der Waals surface area contributed by atoms with Crippen molar-refractivity contribution in [3.8, 4) is 0 Å². The molecule has 4 rings (SSSR count). The molecule has 4 saturated carbocycles. The molecule has 24 heavy (non-hydrogen) atoms. The fourth-order valence-corrected chi connectivity index (χ4v) is 7.61. The molecule has 0 saturated heterocycles. The van der Waals surface area contributed by atoms with Crippen LogP contribution in [0, 0.1) is 40.9 Å². The summed E-state index contributed by atoms with van der Waals surface area (Å²) in [6, 6.07) is 0. The first-order valence-electron chi connectivity index (χ1n) is 10.1. The SMILES string of the molecule is C=C(C)[C@H]1CC[C@H]2[C@@H]3CC(=O)[C@H]4C[C@@](C)(O)CC[C@@H]4[C@H]3CC[C@]12C. The van der Waals surface area contributed by atoms with Gasteiger partial charge in [-0.1, -0.05) is 19.1 Å². The Labute approximate surface area is 147 Å². The molecule has 0 radical (unpaired) electrons. The molecule has 0 aromatic heterocycles. The first-order chi connectivity index (χ1) is 11.2. The molecule has 1 N–H and O–H groups in total. The van der Waals surface area contributed by atoms with Crippen LogP contribution < -0.4 is 0 Å². The largest absolute Gasteiger partial charge is 0.390 e. The van der Waals surface area contributed by atoms with Gasteiger partial charge >= 0.3 is 0 Å². The molecule has 0 aromatic carbocycles. The normalized spacial score (nSPS) is 53.9. The topological polar surface area (TPSA) is 37.3 Å². The predicted molar refractivity (Wildman–Crippen MR) is 96.4 cm³/mol. The van der Waals surface area contributed by atoms with E-state index >= 15 is 0 Å². The van der Waals surface area contributed by atoms with Crippen molar-refractivity contribution in [1.82, 2.24) is 0 Å². The highest BCUT2D eigenvalue weighted by Gasteiger charge is 2.59. The van der Waals surface area contributed by atoms with E-state index in [1.807, 2.05) is 6.92 Å². The van der Waals surface area contributed by atoms with Gasteiger partial charge < -0.3 is 5.11 Å². The molecule has 4 aliphatic carbocycles. The maximum Gasteiger partial charge on any atom is 0.136 e. The minimum Gasteiger partial charge on any atom is -0.390 e. The summed E-state index contributed by atoms with van der Waals surface area (Å²) in [5.74, 6) is 3.84. The van der Waals surface area contributed by atoms with Crippen molar-refractivity contribution in [2.75, 3.05) is 0 Å². The van der Waals surface area contributed by atoms with Crippen LogP contribution in [-0.2, 0) is 4.79 Å². The van der Waals surface area contributed by atoms with E-state index in [4.69, 9.17) is 0 Å². The van der Waals surface area contributed by atoms with Gasteiger partial charge in [-0.3, -0.25) is 4.79 Å². The standard InChI is InChI=1S/C22H34O2/c1-13(2)18-5-6-19-16-11-20(23)17-12-21(3,24)9-7-15(17)14(16)8-10-22(18,19)4/h14-19,24H,1,5-12H2,2-4H3/t14-,15-,16-,17+,18-,19+,21+,22-/m1/s1. The first kappa shape index (κ1) is 16.8. The molecule has 0 bridgehead atoms. The summed E-state index contributed by atoms with van der Waals surface area (Å²) in [7, 11) is 0. The molecule has 134 valence electrons. The fraction of sp³-hybridized carbons (Fsp3) is 0.864. The third-order valence-corrected chi connectivity index (χ3v) is 8.68. The van der Waals surface area contributed by atoms with Crippen LogP contribution in [0.1, 0.15) is 72.1 Å². The molecule has 0 amide bonds. The molecule has 2 nitrogen and oxygen atoms in total. The monoisotopic (exact) mass is 330 g/mol. The Morgan fingerprint density at radius 3 is 2.50 bits per heavy atom. The van der Waals surface area contributed by atoms with E-state index in [1.54, 1.807) is 0 Å². The number of aliphatic hydroxyl groups is 1.